The SMILES string of the molecule is CCC(Cc1cccc(S(=O)(=O)N2CCC(N)CC2)c1)CN1CCC(c2ccc3c(N4CCC(=O)NC4=O)nn(C)c3c2)CC1.Cl. The average molecular weight is 672 g/mol. The third-order valence-corrected chi connectivity index (χ3v) is 11.8. The van der Waals surface area contributed by atoms with E-state index in [-0.39, 0.29) is 30.8 Å². The monoisotopic (exact) mass is 671 g/mol. The fourth-order valence-corrected chi connectivity index (χ4v) is 8.60. The molecule has 13 heteroatoms. The van der Waals surface area contributed by atoms with E-state index >= 15 is 0 Å². The summed E-state index contributed by atoms with van der Waals surface area (Å²) in [5.41, 5.74) is 9.34. The van der Waals surface area contributed by atoms with Crippen LogP contribution in [0.2, 0.25) is 0 Å². The summed E-state index contributed by atoms with van der Waals surface area (Å²) in [7, 11) is -1.61. The van der Waals surface area contributed by atoms with E-state index in [1.54, 1.807) is 15.3 Å². The van der Waals surface area contributed by atoms with E-state index in [2.05, 4.69) is 46.5 Å². The highest BCUT2D eigenvalue weighted by Gasteiger charge is 2.30. The summed E-state index contributed by atoms with van der Waals surface area (Å²) in [6.07, 6.45) is 5.69. The molecule has 4 heterocycles. The van der Waals surface area contributed by atoms with Crippen molar-refractivity contribution in [3.63, 3.8) is 0 Å². The van der Waals surface area contributed by atoms with Gasteiger partial charge in [-0.2, -0.15) is 9.40 Å². The highest BCUT2D eigenvalue weighted by molar-refractivity contribution is 7.89. The number of piperidine rings is 2. The fraction of sp³-hybridized carbons (Fsp3) is 0.545. The highest BCUT2D eigenvalue weighted by Crippen LogP contribution is 2.34. The number of hydrogen-bond donors (Lipinski definition) is 2. The number of fused-ring (bicyclic) bond motifs is 1. The quantitative estimate of drug-likeness (QED) is 0.351. The Bertz CT molecular complexity index is 1660. The zero-order chi connectivity index (χ0) is 31.7. The minimum absolute atomic E-state index is 0. The van der Waals surface area contributed by atoms with Crippen molar-refractivity contribution in [3.8, 4) is 0 Å². The van der Waals surface area contributed by atoms with Crippen molar-refractivity contribution in [2.24, 2.45) is 18.7 Å². The molecule has 1 atom stereocenters. The lowest BCUT2D eigenvalue weighted by atomic mass is 9.88. The summed E-state index contributed by atoms with van der Waals surface area (Å²) in [6.45, 7) is 6.55. The van der Waals surface area contributed by atoms with Crippen LogP contribution in [0.5, 0.6) is 0 Å². The number of anilines is 1. The highest BCUT2D eigenvalue weighted by atomic mass is 35.5. The van der Waals surface area contributed by atoms with Gasteiger partial charge in [-0.1, -0.05) is 31.5 Å². The second-order valence-corrected chi connectivity index (χ2v) is 14.9. The first kappa shape index (κ1) is 34.3. The standard InChI is InChI=1S/C33H45N7O4S.ClH/c1-3-23(19-24-5-4-6-28(20-24)45(43,44)39-16-11-27(34)12-17-39)22-38-14-9-25(10-15-38)26-7-8-29-30(21-26)37(2)36-32(29)40-18-13-31(41)35-33(40)42;/h4-8,20-21,23,25,27H,3,9-19,22,34H2,1-2H3,(H,35,41,42);1H. The van der Waals surface area contributed by atoms with E-state index in [0.29, 0.717) is 55.0 Å². The molecule has 250 valence electrons. The lowest BCUT2D eigenvalue weighted by Crippen LogP contribution is -2.49. The number of hydrogen-bond acceptors (Lipinski definition) is 7. The lowest BCUT2D eigenvalue weighted by molar-refractivity contribution is -0.120. The number of benzene rings is 2. The van der Waals surface area contributed by atoms with Crippen LogP contribution in [0.25, 0.3) is 10.9 Å². The second kappa shape index (κ2) is 14.4. The van der Waals surface area contributed by atoms with Gasteiger partial charge >= 0.3 is 6.03 Å². The molecule has 0 bridgehead atoms. The number of carbonyl (C=O) groups excluding carboxylic acids is 2. The molecule has 46 heavy (non-hydrogen) atoms. The van der Waals surface area contributed by atoms with Crippen LogP contribution in [0, 0.1) is 5.92 Å². The normalized spacial score (nSPS) is 20.1. The zero-order valence-corrected chi connectivity index (χ0v) is 28.4. The van der Waals surface area contributed by atoms with E-state index in [4.69, 9.17) is 5.73 Å². The van der Waals surface area contributed by atoms with Crippen LogP contribution in [0.15, 0.2) is 47.4 Å². The van der Waals surface area contributed by atoms with Crippen LogP contribution in [-0.4, -0.2) is 84.7 Å². The Morgan fingerprint density at radius 3 is 2.43 bits per heavy atom. The van der Waals surface area contributed by atoms with Crippen molar-refractivity contribution < 1.29 is 18.0 Å². The van der Waals surface area contributed by atoms with E-state index in [9.17, 15) is 18.0 Å². The molecule has 3 aliphatic heterocycles. The summed E-state index contributed by atoms with van der Waals surface area (Å²) in [5.74, 6) is 1.23. The molecule has 6 rings (SSSR count). The van der Waals surface area contributed by atoms with Gasteiger partial charge in [-0.25, -0.2) is 13.2 Å². The zero-order valence-electron chi connectivity index (χ0n) is 26.7. The van der Waals surface area contributed by atoms with Gasteiger partial charge in [0.2, 0.25) is 15.9 Å². The van der Waals surface area contributed by atoms with Gasteiger partial charge in [-0.15, -0.1) is 12.4 Å². The molecule has 3 aromatic rings. The third-order valence-electron chi connectivity index (χ3n) is 9.88. The number of aromatic nitrogens is 2. The molecule has 0 spiro atoms. The molecule has 0 saturated carbocycles. The van der Waals surface area contributed by atoms with Crippen LogP contribution in [0.4, 0.5) is 10.6 Å². The van der Waals surface area contributed by atoms with Crippen molar-refractivity contribution in [1.82, 2.24) is 24.3 Å². The summed E-state index contributed by atoms with van der Waals surface area (Å²) in [4.78, 5) is 28.5. The Kier molecular flexibility index (Phi) is 10.7. The number of urea groups is 1. The minimum Gasteiger partial charge on any atom is -0.328 e. The van der Waals surface area contributed by atoms with E-state index in [1.807, 2.05) is 23.9 Å². The number of carbonyl (C=O) groups is 2. The number of halogens is 1. The van der Waals surface area contributed by atoms with Crippen molar-refractivity contribution >= 4 is 51.1 Å². The Hall–Kier alpha value is -3.03. The first-order valence-corrected chi connectivity index (χ1v) is 17.7. The van der Waals surface area contributed by atoms with Crippen LogP contribution in [0.1, 0.15) is 62.5 Å². The van der Waals surface area contributed by atoms with Crippen molar-refractivity contribution in [1.29, 1.82) is 0 Å². The van der Waals surface area contributed by atoms with Gasteiger partial charge in [-0.3, -0.25) is 19.7 Å². The van der Waals surface area contributed by atoms with Crippen molar-refractivity contribution in [2.75, 3.05) is 44.2 Å². The van der Waals surface area contributed by atoms with Crippen LogP contribution in [0.3, 0.4) is 0 Å². The maximum atomic E-state index is 13.3. The average Bonchev–Trinajstić information content (AvgIpc) is 3.36. The molecule has 3 N–H and O–H groups in total. The van der Waals surface area contributed by atoms with Gasteiger partial charge in [0.1, 0.15) is 0 Å². The number of rotatable bonds is 9. The molecule has 3 amide bonds. The largest absolute Gasteiger partial charge is 0.329 e. The number of nitrogens with zero attached hydrogens (tertiary/aromatic N) is 5. The van der Waals surface area contributed by atoms with Crippen molar-refractivity contribution in [3.05, 3.63) is 53.6 Å². The van der Waals surface area contributed by atoms with E-state index in [1.165, 1.54) is 5.56 Å². The third kappa shape index (κ3) is 7.26. The van der Waals surface area contributed by atoms with Crippen LogP contribution >= 0.6 is 12.4 Å². The van der Waals surface area contributed by atoms with Crippen molar-refractivity contribution in [2.45, 2.75) is 68.7 Å². The van der Waals surface area contributed by atoms with Gasteiger partial charge in [0, 0.05) is 51.1 Å². The number of nitrogens with two attached hydrogens (primary N) is 1. The Morgan fingerprint density at radius 2 is 1.74 bits per heavy atom. The molecular weight excluding hydrogens is 626 g/mol. The molecule has 0 aliphatic carbocycles. The minimum atomic E-state index is -3.51. The molecule has 3 saturated heterocycles. The predicted molar refractivity (Wildman–Crippen MR) is 182 cm³/mol. The molecule has 3 fully saturated rings. The lowest BCUT2D eigenvalue weighted by Gasteiger charge is -2.34. The topological polar surface area (TPSA) is 134 Å². The maximum Gasteiger partial charge on any atom is 0.329 e. The number of nitrogens with one attached hydrogen (secondary N) is 1. The smallest absolute Gasteiger partial charge is 0.328 e. The van der Waals surface area contributed by atoms with E-state index in [0.717, 1.165) is 61.8 Å². The molecule has 11 nitrogen and oxygen atoms in total. The van der Waals surface area contributed by atoms with Gasteiger partial charge in [0.05, 0.1) is 10.4 Å². The fourth-order valence-electron chi connectivity index (χ4n) is 7.06. The molecular formula is C33H46ClN7O4S. The molecule has 1 unspecified atom stereocenters. The molecule has 3 aliphatic rings. The molecule has 0 radical (unpaired) electrons. The summed E-state index contributed by atoms with van der Waals surface area (Å²) in [6, 6.07) is 13.6. The Labute approximate surface area is 277 Å². The van der Waals surface area contributed by atoms with E-state index < -0.39 is 16.1 Å². The number of imide groups is 1. The number of aryl methyl sites for hydroxylation is 1. The summed E-state index contributed by atoms with van der Waals surface area (Å²) >= 11 is 0. The number of sulfonamides is 1. The number of likely N-dealkylation sites (tertiary alicyclic amines) is 1. The van der Waals surface area contributed by atoms with Gasteiger partial charge < -0.3 is 10.6 Å². The van der Waals surface area contributed by atoms with Crippen LogP contribution < -0.4 is 16.0 Å². The van der Waals surface area contributed by atoms with Gasteiger partial charge in [0.15, 0.2) is 5.82 Å². The van der Waals surface area contributed by atoms with Gasteiger partial charge in [-0.05, 0) is 92.4 Å². The summed E-state index contributed by atoms with van der Waals surface area (Å²) < 4.78 is 30.0. The Morgan fingerprint density at radius 1 is 1.00 bits per heavy atom. The first-order valence-electron chi connectivity index (χ1n) is 16.3. The molecule has 2 aromatic carbocycles. The van der Waals surface area contributed by atoms with Crippen LogP contribution in [-0.2, 0) is 28.3 Å². The van der Waals surface area contributed by atoms with Gasteiger partial charge in [0.25, 0.3) is 0 Å². The summed E-state index contributed by atoms with van der Waals surface area (Å²) in [5, 5.41) is 7.93. The first-order chi connectivity index (χ1) is 21.6. The predicted octanol–water partition coefficient (Wildman–Crippen LogP) is 4.00. The number of amides is 3. The second-order valence-electron chi connectivity index (χ2n) is 12.9. The molecule has 1 aromatic heterocycles. The maximum absolute atomic E-state index is 13.3. The Balaban J connectivity index is 0.00000417.